The Bertz CT molecular complexity index is 542. The Balaban J connectivity index is 2.39. The van der Waals surface area contributed by atoms with Crippen molar-refractivity contribution in [1.82, 2.24) is 0 Å². The van der Waals surface area contributed by atoms with Crippen LogP contribution in [0.2, 0.25) is 18.1 Å². The van der Waals surface area contributed by atoms with Crippen molar-refractivity contribution in [2.75, 3.05) is 0 Å². The number of benzene rings is 1. The summed E-state index contributed by atoms with van der Waals surface area (Å²) < 4.78 is 5.45. The molecule has 0 amide bonds. The molecule has 0 spiro atoms. The van der Waals surface area contributed by atoms with Crippen LogP contribution in [0.25, 0.3) is 5.76 Å². The van der Waals surface area contributed by atoms with E-state index in [1.807, 2.05) is 30.3 Å². The minimum Gasteiger partial charge on any atom is -0.543 e. The van der Waals surface area contributed by atoms with E-state index in [-0.39, 0.29) is 5.04 Å². The molecule has 0 heterocycles. The number of aliphatic hydroxyl groups is 1. The summed E-state index contributed by atoms with van der Waals surface area (Å²) in [5, 5.41) is 10.6. The zero-order chi connectivity index (χ0) is 15.2. The Labute approximate surface area is 131 Å². The molecule has 0 saturated heterocycles. The number of fused-ring (bicyclic) bond motifs is 1. The zero-order valence-corrected chi connectivity index (χ0v) is 15.4. The van der Waals surface area contributed by atoms with E-state index in [2.05, 4.69) is 49.8 Å². The molecule has 110 valence electrons. The van der Waals surface area contributed by atoms with Gasteiger partial charge in [-0.2, -0.15) is 0 Å². The average Bonchev–Trinajstić information content (AvgIpc) is 2.32. The molecule has 0 radical (unpaired) electrons. The molecule has 2 nitrogen and oxygen atoms in total. The maximum atomic E-state index is 10.4. The third kappa shape index (κ3) is 2.87. The summed E-state index contributed by atoms with van der Waals surface area (Å²) in [5.74, 6) is 0.913. The molecule has 0 saturated carbocycles. The van der Waals surface area contributed by atoms with E-state index in [9.17, 15) is 5.11 Å². The van der Waals surface area contributed by atoms with Crippen molar-refractivity contribution < 1.29 is 9.53 Å². The van der Waals surface area contributed by atoms with Crippen molar-refractivity contribution in [3.63, 3.8) is 0 Å². The molecule has 20 heavy (non-hydrogen) atoms. The van der Waals surface area contributed by atoms with E-state index in [0.29, 0.717) is 6.42 Å². The highest BCUT2D eigenvalue weighted by atomic mass is 79.9. The smallest absolute Gasteiger partial charge is 0.250 e. The molecule has 0 aliphatic heterocycles. The summed E-state index contributed by atoms with van der Waals surface area (Å²) in [6.45, 7) is 11.2. The fourth-order valence-electron chi connectivity index (χ4n) is 2.00. The fourth-order valence-corrected chi connectivity index (χ4v) is 3.56. The van der Waals surface area contributed by atoms with E-state index in [1.54, 1.807) is 0 Å². The fraction of sp³-hybridized carbons (Fsp3) is 0.500. The lowest BCUT2D eigenvalue weighted by Crippen LogP contribution is -2.40. The first-order valence-corrected chi connectivity index (χ1v) is 10.6. The average molecular weight is 355 g/mol. The van der Waals surface area contributed by atoms with Gasteiger partial charge in [0.25, 0.3) is 0 Å². The van der Waals surface area contributed by atoms with Crippen molar-refractivity contribution in [2.45, 2.75) is 49.8 Å². The molecule has 2 rings (SSSR count). The second kappa shape index (κ2) is 5.00. The van der Waals surface area contributed by atoms with Crippen LogP contribution >= 0.6 is 15.9 Å². The molecular formula is C16H23BrO2Si. The molecule has 1 aliphatic carbocycles. The van der Waals surface area contributed by atoms with Gasteiger partial charge in [0.15, 0.2) is 0 Å². The van der Waals surface area contributed by atoms with Gasteiger partial charge in [0.1, 0.15) is 10.3 Å². The van der Waals surface area contributed by atoms with Gasteiger partial charge in [-0.15, -0.1) is 0 Å². The van der Waals surface area contributed by atoms with Gasteiger partial charge in [-0.1, -0.05) is 45.0 Å². The minimum atomic E-state index is -1.87. The second-order valence-corrected chi connectivity index (χ2v) is 13.0. The predicted octanol–water partition coefficient (Wildman–Crippen LogP) is 4.99. The van der Waals surface area contributed by atoms with Crippen LogP contribution in [0.3, 0.4) is 0 Å². The first-order valence-electron chi connectivity index (χ1n) is 6.95. The van der Waals surface area contributed by atoms with Crippen molar-refractivity contribution in [1.29, 1.82) is 0 Å². The van der Waals surface area contributed by atoms with Gasteiger partial charge >= 0.3 is 0 Å². The Kier molecular flexibility index (Phi) is 3.95. The number of alkyl halides is 1. The van der Waals surface area contributed by atoms with Crippen LogP contribution in [0.1, 0.15) is 38.3 Å². The molecule has 0 bridgehead atoms. The topological polar surface area (TPSA) is 29.5 Å². The summed E-state index contributed by atoms with van der Waals surface area (Å²) in [6, 6.07) is 7.89. The monoisotopic (exact) mass is 354 g/mol. The number of hydrogen-bond donors (Lipinski definition) is 1. The van der Waals surface area contributed by atoms with Gasteiger partial charge in [0.05, 0.1) is 0 Å². The second-order valence-electron chi connectivity index (χ2n) is 6.94. The van der Waals surface area contributed by atoms with E-state index in [1.165, 1.54) is 0 Å². The van der Waals surface area contributed by atoms with Crippen LogP contribution in [-0.4, -0.2) is 13.4 Å². The van der Waals surface area contributed by atoms with Gasteiger partial charge < -0.3 is 9.53 Å². The first-order chi connectivity index (χ1) is 9.05. The molecule has 0 aromatic heterocycles. The Morgan fingerprint density at radius 2 is 1.85 bits per heavy atom. The normalized spacial score (nSPS) is 23.1. The van der Waals surface area contributed by atoms with Gasteiger partial charge in [-0.05, 0) is 40.1 Å². The third-order valence-electron chi connectivity index (χ3n) is 4.33. The summed E-state index contributed by atoms with van der Waals surface area (Å²) in [5.41, 5.74) is 1.87. The van der Waals surface area contributed by atoms with E-state index in [4.69, 9.17) is 4.43 Å². The maximum Gasteiger partial charge on any atom is 0.250 e. The van der Waals surface area contributed by atoms with Crippen LogP contribution in [0, 0.1) is 0 Å². The minimum absolute atomic E-state index is 0.158. The summed E-state index contributed by atoms with van der Waals surface area (Å²) >= 11 is 3.40. The molecule has 4 heteroatoms. The Hall–Kier alpha value is -0.583. The third-order valence-corrected chi connectivity index (χ3v) is 9.43. The first kappa shape index (κ1) is 15.8. The van der Waals surface area contributed by atoms with Gasteiger partial charge in [0.2, 0.25) is 8.32 Å². The molecule has 1 N–H and O–H groups in total. The lowest BCUT2D eigenvalue weighted by molar-refractivity contribution is 0.146. The SMILES string of the molecule is CC(C)(C)[Si](C)(C)OC1=CCC(O)(Br)c2ccccc21. The van der Waals surface area contributed by atoms with Crippen molar-refractivity contribution in [3.05, 3.63) is 41.5 Å². The number of rotatable bonds is 2. The van der Waals surface area contributed by atoms with E-state index < -0.39 is 12.8 Å². The summed E-state index contributed by atoms with van der Waals surface area (Å²) in [4.78, 5) is 0. The van der Waals surface area contributed by atoms with Crippen molar-refractivity contribution in [2.24, 2.45) is 0 Å². The van der Waals surface area contributed by atoms with Gasteiger partial charge in [0, 0.05) is 17.5 Å². The van der Waals surface area contributed by atoms with Crippen LogP contribution < -0.4 is 0 Å². The van der Waals surface area contributed by atoms with Crippen molar-refractivity contribution in [3.8, 4) is 0 Å². The highest BCUT2D eigenvalue weighted by molar-refractivity contribution is 9.09. The number of hydrogen-bond acceptors (Lipinski definition) is 2. The van der Waals surface area contributed by atoms with E-state index >= 15 is 0 Å². The highest BCUT2D eigenvalue weighted by Gasteiger charge is 2.41. The van der Waals surface area contributed by atoms with Crippen LogP contribution in [0.15, 0.2) is 30.3 Å². The summed E-state index contributed by atoms with van der Waals surface area (Å²) in [6.07, 6.45) is 2.52. The lowest BCUT2D eigenvalue weighted by atomic mass is 9.93. The molecule has 1 atom stereocenters. The molecule has 0 fully saturated rings. The van der Waals surface area contributed by atoms with Crippen LogP contribution in [0.5, 0.6) is 0 Å². The van der Waals surface area contributed by atoms with E-state index in [0.717, 1.165) is 16.9 Å². The molecule has 1 aliphatic rings. The van der Waals surface area contributed by atoms with Crippen molar-refractivity contribution >= 4 is 30.0 Å². The Morgan fingerprint density at radius 3 is 2.45 bits per heavy atom. The standard InChI is InChI=1S/C16H23BrO2Si/c1-15(2,3)20(4,5)19-14-10-11-16(17,18)13-9-7-6-8-12(13)14/h6-10,18H,11H2,1-5H3. The molecule has 1 aromatic carbocycles. The lowest BCUT2D eigenvalue weighted by Gasteiger charge is -2.39. The van der Waals surface area contributed by atoms with Crippen LogP contribution in [0.4, 0.5) is 0 Å². The number of halogens is 1. The largest absolute Gasteiger partial charge is 0.543 e. The highest BCUT2D eigenvalue weighted by Crippen LogP contribution is 2.45. The summed E-state index contributed by atoms with van der Waals surface area (Å²) in [7, 11) is -1.87. The van der Waals surface area contributed by atoms with Gasteiger partial charge in [-0.25, -0.2) is 0 Å². The van der Waals surface area contributed by atoms with Gasteiger partial charge in [-0.3, -0.25) is 0 Å². The quantitative estimate of drug-likeness (QED) is 0.598. The molecule has 1 aromatic rings. The molecular weight excluding hydrogens is 332 g/mol. The zero-order valence-electron chi connectivity index (χ0n) is 12.8. The Morgan fingerprint density at radius 1 is 1.25 bits per heavy atom. The molecule has 1 unspecified atom stereocenters. The van der Waals surface area contributed by atoms with Crippen LogP contribution in [-0.2, 0) is 8.94 Å². The maximum absolute atomic E-state index is 10.4. The predicted molar refractivity (Wildman–Crippen MR) is 90.1 cm³/mol.